The summed E-state index contributed by atoms with van der Waals surface area (Å²) in [5, 5.41) is 6.94. The molecule has 0 amide bonds. The highest BCUT2D eigenvalue weighted by Gasteiger charge is 2.40. The Balaban J connectivity index is 1.58. The number of benzene rings is 3. The van der Waals surface area contributed by atoms with Crippen LogP contribution in [0.2, 0.25) is 0 Å². The standard InChI is InChI=1S/C23H17F2N3O3S/c24-21(25)23-27-26-22(31-23)17-11-12-18-14-28(32(29,30)19(18)13-17)20(15-7-3-1-4-8-15)16-9-5-2-6-10-16/h1-13,20-21H,14H2. The normalized spacial score (nSPS) is 15.4. The van der Waals surface area contributed by atoms with Crippen molar-refractivity contribution < 1.29 is 21.6 Å². The highest BCUT2D eigenvalue weighted by atomic mass is 32.2. The lowest BCUT2D eigenvalue weighted by molar-refractivity contribution is 0.116. The van der Waals surface area contributed by atoms with Gasteiger partial charge in [0.25, 0.3) is 5.89 Å². The Bertz CT molecular complexity index is 1320. The van der Waals surface area contributed by atoms with Crippen LogP contribution < -0.4 is 0 Å². The fourth-order valence-electron chi connectivity index (χ4n) is 3.90. The van der Waals surface area contributed by atoms with Gasteiger partial charge in [0.15, 0.2) is 0 Å². The molecule has 0 fully saturated rings. The number of sulfonamides is 1. The van der Waals surface area contributed by atoms with Crippen molar-refractivity contribution in [3.05, 3.63) is 101 Å². The molecule has 3 aromatic carbocycles. The second kappa shape index (κ2) is 7.92. The molecule has 5 rings (SSSR count). The van der Waals surface area contributed by atoms with E-state index < -0.39 is 28.4 Å². The first kappa shape index (κ1) is 20.5. The van der Waals surface area contributed by atoms with E-state index in [0.29, 0.717) is 5.56 Å². The number of rotatable bonds is 5. The SMILES string of the molecule is O=S1(=O)c2cc(-c3nnc(C(F)F)o3)ccc2CN1C(c1ccccc1)c1ccccc1. The summed E-state index contributed by atoms with van der Waals surface area (Å²) in [6.45, 7) is 0.179. The third-order valence-electron chi connectivity index (χ3n) is 5.37. The third kappa shape index (κ3) is 3.49. The third-order valence-corrected chi connectivity index (χ3v) is 7.27. The number of hydrogen-bond donors (Lipinski definition) is 0. The molecule has 0 unspecified atom stereocenters. The maximum absolute atomic E-state index is 13.6. The maximum atomic E-state index is 13.6. The van der Waals surface area contributed by atoms with Gasteiger partial charge in [-0.1, -0.05) is 66.7 Å². The predicted octanol–water partition coefficient (Wildman–Crippen LogP) is 4.97. The van der Waals surface area contributed by atoms with Gasteiger partial charge in [0.1, 0.15) is 0 Å². The van der Waals surface area contributed by atoms with E-state index >= 15 is 0 Å². The minimum Gasteiger partial charge on any atom is -0.415 e. The molecule has 1 aliphatic heterocycles. The molecule has 162 valence electrons. The van der Waals surface area contributed by atoms with Gasteiger partial charge in [-0.05, 0) is 28.8 Å². The molecule has 0 N–H and O–H groups in total. The molecule has 4 aromatic rings. The van der Waals surface area contributed by atoms with Gasteiger partial charge in [-0.3, -0.25) is 0 Å². The molecule has 0 aliphatic carbocycles. The number of fused-ring (bicyclic) bond motifs is 1. The lowest BCUT2D eigenvalue weighted by atomic mass is 9.98. The van der Waals surface area contributed by atoms with E-state index in [1.807, 2.05) is 60.7 Å². The van der Waals surface area contributed by atoms with Crippen molar-refractivity contribution >= 4 is 10.0 Å². The van der Waals surface area contributed by atoms with Crippen LogP contribution in [0.3, 0.4) is 0 Å². The summed E-state index contributed by atoms with van der Waals surface area (Å²) >= 11 is 0. The Morgan fingerprint density at radius 3 is 2.06 bits per heavy atom. The molecule has 6 nitrogen and oxygen atoms in total. The fraction of sp³-hybridized carbons (Fsp3) is 0.130. The van der Waals surface area contributed by atoms with Crippen molar-refractivity contribution in [2.45, 2.75) is 23.9 Å². The van der Waals surface area contributed by atoms with Gasteiger partial charge in [0, 0.05) is 12.1 Å². The van der Waals surface area contributed by atoms with Crippen LogP contribution in [0, 0.1) is 0 Å². The molecule has 32 heavy (non-hydrogen) atoms. The molecule has 1 aromatic heterocycles. The van der Waals surface area contributed by atoms with Crippen molar-refractivity contribution in [3.8, 4) is 11.5 Å². The number of alkyl halides is 2. The predicted molar refractivity (Wildman–Crippen MR) is 112 cm³/mol. The number of aromatic nitrogens is 2. The van der Waals surface area contributed by atoms with Gasteiger partial charge in [-0.25, -0.2) is 8.42 Å². The average Bonchev–Trinajstić information content (AvgIpc) is 3.39. The van der Waals surface area contributed by atoms with E-state index in [1.54, 1.807) is 12.1 Å². The number of hydrogen-bond acceptors (Lipinski definition) is 5. The fourth-order valence-corrected chi connectivity index (χ4v) is 5.73. The zero-order valence-corrected chi connectivity index (χ0v) is 17.4. The van der Waals surface area contributed by atoms with Crippen molar-refractivity contribution in [2.24, 2.45) is 0 Å². The number of nitrogens with zero attached hydrogens (tertiary/aromatic N) is 3. The second-order valence-corrected chi connectivity index (χ2v) is 9.20. The highest BCUT2D eigenvalue weighted by Crippen LogP contribution is 2.41. The van der Waals surface area contributed by atoms with Gasteiger partial charge in [0.05, 0.1) is 10.9 Å². The molecule has 0 saturated carbocycles. The summed E-state index contributed by atoms with van der Waals surface area (Å²) in [5.41, 5.74) is 2.56. The van der Waals surface area contributed by atoms with Crippen molar-refractivity contribution in [1.29, 1.82) is 0 Å². The van der Waals surface area contributed by atoms with Crippen molar-refractivity contribution in [3.63, 3.8) is 0 Å². The van der Waals surface area contributed by atoms with Crippen LogP contribution in [0.1, 0.15) is 35.0 Å². The lowest BCUT2D eigenvalue weighted by Gasteiger charge is -2.27. The van der Waals surface area contributed by atoms with Crippen LogP contribution in [0.25, 0.3) is 11.5 Å². The molecule has 0 saturated heterocycles. The first-order valence-electron chi connectivity index (χ1n) is 9.82. The van der Waals surface area contributed by atoms with E-state index in [1.165, 1.54) is 10.4 Å². The van der Waals surface area contributed by atoms with Crippen molar-refractivity contribution in [2.75, 3.05) is 0 Å². The van der Waals surface area contributed by atoms with Crippen LogP contribution >= 0.6 is 0 Å². The van der Waals surface area contributed by atoms with Crippen molar-refractivity contribution in [1.82, 2.24) is 14.5 Å². The molecule has 9 heteroatoms. The monoisotopic (exact) mass is 453 g/mol. The van der Waals surface area contributed by atoms with E-state index in [-0.39, 0.29) is 22.9 Å². The largest absolute Gasteiger partial charge is 0.415 e. The Morgan fingerprint density at radius 2 is 1.50 bits per heavy atom. The molecular formula is C23H17F2N3O3S. The summed E-state index contributed by atoms with van der Waals surface area (Å²) in [7, 11) is -3.89. The summed E-state index contributed by atoms with van der Waals surface area (Å²) in [4.78, 5) is 0.101. The van der Waals surface area contributed by atoms with Gasteiger partial charge in [0.2, 0.25) is 15.9 Å². The van der Waals surface area contributed by atoms with E-state index in [0.717, 1.165) is 11.1 Å². The van der Waals surface area contributed by atoms with Gasteiger partial charge < -0.3 is 4.42 Å². The minimum atomic E-state index is -3.89. The molecule has 2 heterocycles. The summed E-state index contributed by atoms with van der Waals surface area (Å²) in [5.74, 6) is -0.961. The molecule has 0 atom stereocenters. The smallest absolute Gasteiger partial charge is 0.314 e. The highest BCUT2D eigenvalue weighted by molar-refractivity contribution is 7.89. The average molecular weight is 453 g/mol. The topological polar surface area (TPSA) is 76.3 Å². The van der Waals surface area contributed by atoms with Gasteiger partial charge in [-0.15, -0.1) is 10.2 Å². The first-order chi connectivity index (χ1) is 15.4. The first-order valence-corrected chi connectivity index (χ1v) is 11.3. The number of halogens is 2. The summed E-state index contributed by atoms with van der Waals surface area (Å²) in [6, 6.07) is 23.0. The Labute approximate surface area is 183 Å². The Kier molecular flexibility index (Phi) is 5.07. The molecular weight excluding hydrogens is 436 g/mol. The maximum Gasteiger partial charge on any atom is 0.314 e. The Morgan fingerprint density at radius 1 is 0.875 bits per heavy atom. The molecule has 0 bridgehead atoms. The van der Waals surface area contributed by atoms with E-state index in [2.05, 4.69) is 10.2 Å². The molecule has 0 radical (unpaired) electrons. The van der Waals surface area contributed by atoms with Crippen LogP contribution in [0.4, 0.5) is 8.78 Å². The van der Waals surface area contributed by atoms with Gasteiger partial charge >= 0.3 is 6.43 Å². The second-order valence-electron chi connectivity index (χ2n) is 7.34. The zero-order chi connectivity index (χ0) is 22.3. The summed E-state index contributed by atoms with van der Waals surface area (Å²) < 4.78 is 59.3. The minimum absolute atomic E-state index is 0.101. The Hall–Kier alpha value is -3.43. The van der Waals surface area contributed by atoms with E-state index in [9.17, 15) is 17.2 Å². The zero-order valence-electron chi connectivity index (χ0n) is 16.6. The van der Waals surface area contributed by atoms with Crippen LogP contribution in [-0.2, 0) is 16.6 Å². The molecule has 0 spiro atoms. The lowest BCUT2D eigenvalue weighted by Crippen LogP contribution is -2.30. The molecule has 1 aliphatic rings. The van der Waals surface area contributed by atoms with Crippen LogP contribution in [0.5, 0.6) is 0 Å². The van der Waals surface area contributed by atoms with Crippen LogP contribution in [0.15, 0.2) is 88.2 Å². The quantitative estimate of drug-likeness (QED) is 0.427. The van der Waals surface area contributed by atoms with Crippen LogP contribution in [-0.4, -0.2) is 22.9 Å². The van der Waals surface area contributed by atoms with E-state index in [4.69, 9.17) is 4.42 Å². The van der Waals surface area contributed by atoms with Gasteiger partial charge in [-0.2, -0.15) is 13.1 Å². The summed E-state index contributed by atoms with van der Waals surface area (Å²) in [6.07, 6.45) is -2.90.